The number of rotatable bonds is 2. The quantitative estimate of drug-likeness (QED) is 0.890. The van der Waals surface area contributed by atoms with Gasteiger partial charge in [-0.1, -0.05) is 42.0 Å². The van der Waals surface area contributed by atoms with Gasteiger partial charge in [0.15, 0.2) is 5.82 Å². The lowest BCUT2D eigenvalue weighted by Crippen LogP contribution is -2.24. The summed E-state index contributed by atoms with van der Waals surface area (Å²) in [5.41, 5.74) is 6.91. The van der Waals surface area contributed by atoms with Crippen LogP contribution in [0.15, 0.2) is 36.4 Å². The molecule has 1 unspecified atom stereocenters. The molecule has 0 bridgehead atoms. The molecule has 2 aromatic rings. The molecule has 110 valence electrons. The van der Waals surface area contributed by atoms with Gasteiger partial charge in [0.2, 0.25) is 5.91 Å². The van der Waals surface area contributed by atoms with Gasteiger partial charge in [0, 0.05) is 17.9 Å². The summed E-state index contributed by atoms with van der Waals surface area (Å²) in [5, 5.41) is 10.3. The molecule has 2 heterocycles. The van der Waals surface area contributed by atoms with Crippen LogP contribution in [-0.4, -0.2) is 16.1 Å². The Hall–Kier alpha value is -2.62. The number of aromatic nitrogens is 2. The molecule has 0 spiro atoms. The maximum Gasteiger partial charge on any atom is 0.226 e. The molecular weight excluding hydrogens is 274 g/mol. The van der Waals surface area contributed by atoms with Crippen LogP contribution in [0.3, 0.4) is 0 Å². The molecule has 1 aliphatic heterocycles. The Morgan fingerprint density at radius 3 is 2.77 bits per heavy atom. The fourth-order valence-corrected chi connectivity index (χ4v) is 3.32. The number of hydrogen-bond acceptors (Lipinski definition) is 2. The SMILES string of the molecule is Cc1ccc(C2CC(=O)Nc3n[nH]c(C4=CC=C4)c32)c(C)c1. The number of aryl methyl sites for hydroxylation is 2. The monoisotopic (exact) mass is 291 g/mol. The van der Waals surface area contributed by atoms with E-state index in [0.29, 0.717) is 12.2 Å². The van der Waals surface area contributed by atoms with Crippen LogP contribution in [0.2, 0.25) is 0 Å². The van der Waals surface area contributed by atoms with Gasteiger partial charge in [-0.3, -0.25) is 9.89 Å². The van der Waals surface area contributed by atoms with Crippen molar-refractivity contribution in [3.63, 3.8) is 0 Å². The number of hydrogen-bond donors (Lipinski definition) is 2. The molecule has 1 aromatic heterocycles. The number of carbonyl (C=O) groups is 1. The Balaban J connectivity index is 1.87. The van der Waals surface area contributed by atoms with E-state index in [1.807, 2.05) is 6.08 Å². The Kier molecular flexibility index (Phi) is 2.79. The number of benzene rings is 1. The molecule has 22 heavy (non-hydrogen) atoms. The third-order valence-corrected chi connectivity index (χ3v) is 4.44. The van der Waals surface area contributed by atoms with Crippen molar-refractivity contribution in [2.24, 2.45) is 0 Å². The lowest BCUT2D eigenvalue weighted by atomic mass is 9.81. The molecular formula is C18H17N3O. The van der Waals surface area contributed by atoms with Gasteiger partial charge in [-0.2, -0.15) is 5.10 Å². The minimum atomic E-state index is 0.0219. The van der Waals surface area contributed by atoms with Gasteiger partial charge < -0.3 is 5.32 Å². The summed E-state index contributed by atoms with van der Waals surface area (Å²) in [4.78, 5) is 12.1. The number of anilines is 1. The van der Waals surface area contributed by atoms with Crippen LogP contribution in [0.4, 0.5) is 5.82 Å². The molecule has 2 N–H and O–H groups in total. The molecule has 0 saturated heterocycles. The van der Waals surface area contributed by atoms with E-state index in [1.54, 1.807) is 0 Å². The number of amides is 1. The molecule has 2 aliphatic rings. The second-order valence-electron chi connectivity index (χ2n) is 6.01. The van der Waals surface area contributed by atoms with Crippen LogP contribution in [0.25, 0.3) is 5.57 Å². The van der Waals surface area contributed by atoms with Crippen molar-refractivity contribution in [3.05, 3.63) is 64.4 Å². The predicted molar refractivity (Wildman–Crippen MR) is 86.7 cm³/mol. The van der Waals surface area contributed by atoms with E-state index < -0.39 is 0 Å². The Morgan fingerprint density at radius 2 is 2.09 bits per heavy atom. The van der Waals surface area contributed by atoms with Crippen molar-refractivity contribution in [1.29, 1.82) is 0 Å². The Labute approximate surface area is 128 Å². The highest BCUT2D eigenvalue weighted by Crippen LogP contribution is 2.42. The third kappa shape index (κ3) is 1.91. The van der Waals surface area contributed by atoms with E-state index in [1.165, 1.54) is 16.7 Å². The van der Waals surface area contributed by atoms with Crippen LogP contribution >= 0.6 is 0 Å². The maximum atomic E-state index is 12.1. The van der Waals surface area contributed by atoms with Gasteiger partial charge in [-0.25, -0.2) is 0 Å². The lowest BCUT2D eigenvalue weighted by molar-refractivity contribution is -0.116. The maximum absolute atomic E-state index is 12.1. The predicted octanol–water partition coefficient (Wildman–Crippen LogP) is 3.45. The number of allylic oxidation sites excluding steroid dienone is 4. The molecule has 1 aliphatic carbocycles. The van der Waals surface area contributed by atoms with Crippen molar-refractivity contribution < 1.29 is 4.79 Å². The molecule has 1 amide bonds. The smallest absolute Gasteiger partial charge is 0.226 e. The molecule has 0 saturated carbocycles. The normalized spacial score (nSPS) is 19.3. The first-order chi connectivity index (χ1) is 10.6. The van der Waals surface area contributed by atoms with Crippen LogP contribution < -0.4 is 5.32 Å². The average Bonchev–Trinajstić information content (AvgIpc) is 2.79. The van der Waals surface area contributed by atoms with Crippen LogP contribution in [0, 0.1) is 13.8 Å². The largest absolute Gasteiger partial charge is 0.309 e. The zero-order valence-corrected chi connectivity index (χ0v) is 12.6. The summed E-state index contributed by atoms with van der Waals surface area (Å²) < 4.78 is 0. The molecule has 4 rings (SSSR count). The Morgan fingerprint density at radius 1 is 1.27 bits per heavy atom. The van der Waals surface area contributed by atoms with Crippen molar-refractivity contribution in [2.45, 2.75) is 26.2 Å². The minimum Gasteiger partial charge on any atom is -0.309 e. The van der Waals surface area contributed by atoms with Gasteiger partial charge in [-0.05, 0) is 30.5 Å². The summed E-state index contributed by atoms with van der Waals surface area (Å²) in [6.07, 6.45) is 6.59. The number of carbonyl (C=O) groups excluding carboxylic acids is 1. The van der Waals surface area contributed by atoms with E-state index in [-0.39, 0.29) is 11.8 Å². The van der Waals surface area contributed by atoms with E-state index in [2.05, 4.69) is 59.7 Å². The third-order valence-electron chi connectivity index (χ3n) is 4.44. The number of H-pyrrole nitrogens is 1. The molecule has 1 aromatic carbocycles. The number of aromatic amines is 1. The second-order valence-corrected chi connectivity index (χ2v) is 6.01. The fraction of sp³-hybridized carbons (Fsp3) is 0.222. The standard InChI is InChI=1S/C18H17N3O/c1-10-6-7-13(11(2)8-10)14-9-15(22)19-18-16(14)17(20-21-18)12-4-3-5-12/h3-8,14H,9H2,1-2H3,(H2,19,20,21,22). The van der Waals surface area contributed by atoms with Gasteiger partial charge in [0.05, 0.1) is 5.69 Å². The topological polar surface area (TPSA) is 57.8 Å². The summed E-state index contributed by atoms with van der Waals surface area (Å²) in [7, 11) is 0. The van der Waals surface area contributed by atoms with E-state index in [4.69, 9.17) is 0 Å². The van der Waals surface area contributed by atoms with Crippen LogP contribution in [0.1, 0.15) is 40.3 Å². The zero-order chi connectivity index (χ0) is 15.3. The summed E-state index contributed by atoms with van der Waals surface area (Å²) in [6, 6.07) is 6.42. The van der Waals surface area contributed by atoms with Crippen LogP contribution in [-0.2, 0) is 4.79 Å². The Bertz CT molecular complexity index is 842. The van der Waals surface area contributed by atoms with Crippen molar-refractivity contribution >= 4 is 17.3 Å². The minimum absolute atomic E-state index is 0.0219. The summed E-state index contributed by atoms with van der Waals surface area (Å²) in [6.45, 7) is 4.19. The molecule has 0 fully saturated rings. The number of nitrogens with zero attached hydrogens (tertiary/aromatic N) is 1. The first kappa shape index (κ1) is 13.1. The van der Waals surface area contributed by atoms with Gasteiger partial charge in [0.25, 0.3) is 0 Å². The summed E-state index contributed by atoms with van der Waals surface area (Å²) >= 11 is 0. The van der Waals surface area contributed by atoms with Gasteiger partial charge >= 0.3 is 0 Å². The highest BCUT2D eigenvalue weighted by Gasteiger charge is 2.33. The van der Waals surface area contributed by atoms with E-state index in [9.17, 15) is 4.79 Å². The highest BCUT2D eigenvalue weighted by molar-refractivity contribution is 5.96. The van der Waals surface area contributed by atoms with Gasteiger partial charge in [0.1, 0.15) is 0 Å². The number of nitrogens with one attached hydrogen (secondary N) is 2. The van der Waals surface area contributed by atoms with E-state index in [0.717, 1.165) is 16.8 Å². The van der Waals surface area contributed by atoms with Crippen molar-refractivity contribution in [3.8, 4) is 0 Å². The average molecular weight is 291 g/mol. The lowest BCUT2D eigenvalue weighted by Gasteiger charge is -2.25. The molecule has 0 radical (unpaired) electrons. The number of fused-ring (bicyclic) bond motifs is 1. The zero-order valence-electron chi connectivity index (χ0n) is 12.6. The summed E-state index contributed by atoms with van der Waals surface area (Å²) in [5.74, 6) is 0.735. The fourth-order valence-electron chi connectivity index (χ4n) is 3.32. The molecule has 4 heteroatoms. The van der Waals surface area contributed by atoms with Crippen LogP contribution in [0.5, 0.6) is 0 Å². The highest BCUT2D eigenvalue weighted by atomic mass is 16.1. The first-order valence-corrected chi connectivity index (χ1v) is 7.47. The van der Waals surface area contributed by atoms with E-state index >= 15 is 0 Å². The first-order valence-electron chi connectivity index (χ1n) is 7.47. The molecule has 1 atom stereocenters. The van der Waals surface area contributed by atoms with Crippen molar-refractivity contribution in [2.75, 3.05) is 5.32 Å². The van der Waals surface area contributed by atoms with Crippen molar-refractivity contribution in [1.82, 2.24) is 10.2 Å². The van der Waals surface area contributed by atoms with Gasteiger partial charge in [-0.15, -0.1) is 0 Å². The molecule has 4 nitrogen and oxygen atoms in total. The second kappa shape index (κ2) is 4.70.